The zero-order valence-corrected chi connectivity index (χ0v) is 21.0. The Morgan fingerprint density at radius 2 is 0.964 bits per heavy atom. The molecule has 0 saturated heterocycles. The van der Waals surface area contributed by atoms with Gasteiger partial charge in [0.05, 0.1) is 43.4 Å². The molecule has 2 aliphatic rings. The van der Waals surface area contributed by atoms with E-state index < -0.39 is 47.2 Å². The summed E-state index contributed by atoms with van der Waals surface area (Å²) in [6.45, 7) is 0. The number of hydrogen-bond donors (Lipinski definition) is 0. The number of halogens is 9. The third-order valence-electron chi connectivity index (χ3n) is 3.78. The van der Waals surface area contributed by atoms with Crippen molar-refractivity contribution in [3.05, 3.63) is 35.4 Å². The molecule has 156 valence electrons. The quantitative estimate of drug-likeness (QED) is 0.204. The summed E-state index contributed by atoms with van der Waals surface area (Å²) in [6.07, 6.45) is 0. The van der Waals surface area contributed by atoms with Crippen molar-refractivity contribution < 1.29 is 9.59 Å². The van der Waals surface area contributed by atoms with E-state index in [9.17, 15) is 9.59 Å². The number of carbonyl (C=O) groups is 2. The van der Waals surface area contributed by atoms with Crippen molar-refractivity contribution in [3.8, 4) is 0 Å². The summed E-state index contributed by atoms with van der Waals surface area (Å²) in [5.74, 6) is -0.922. The van der Waals surface area contributed by atoms with Gasteiger partial charge in [0.15, 0.2) is 0 Å². The SMILES string of the molecule is ClC1C(Cl)C(Cl)C(Cl)C(Cl)C1Cl.O=C1c2ccccc2C(=O)N1SC(Cl)(Cl)Cl. The third kappa shape index (κ3) is 5.76. The van der Waals surface area contributed by atoms with Crippen LogP contribution in [-0.4, -0.2) is 51.5 Å². The molecule has 0 bridgehead atoms. The van der Waals surface area contributed by atoms with Crippen LogP contribution in [0.4, 0.5) is 0 Å². The molecule has 1 aliphatic heterocycles. The fraction of sp³-hybridized carbons (Fsp3) is 0.467. The van der Waals surface area contributed by atoms with Crippen LogP contribution < -0.4 is 0 Å². The summed E-state index contributed by atoms with van der Waals surface area (Å²) in [6, 6.07) is 6.48. The second-order valence-electron chi connectivity index (χ2n) is 5.65. The zero-order chi connectivity index (χ0) is 21.4. The average Bonchev–Trinajstić information content (AvgIpc) is 2.88. The van der Waals surface area contributed by atoms with Crippen molar-refractivity contribution in [2.75, 3.05) is 0 Å². The minimum Gasteiger partial charge on any atom is -0.268 e. The fourth-order valence-corrected chi connectivity index (χ4v) is 5.93. The van der Waals surface area contributed by atoms with E-state index in [1.54, 1.807) is 24.3 Å². The predicted molar refractivity (Wildman–Crippen MR) is 123 cm³/mol. The molecule has 0 spiro atoms. The van der Waals surface area contributed by atoms with Gasteiger partial charge in [0.25, 0.3) is 14.9 Å². The predicted octanol–water partition coefficient (Wildman–Crippen LogP) is 6.90. The number of amides is 2. The molecular weight excluding hydrogens is 577 g/mol. The van der Waals surface area contributed by atoms with E-state index in [4.69, 9.17) is 104 Å². The van der Waals surface area contributed by atoms with Gasteiger partial charge in [-0.2, -0.15) is 0 Å². The van der Waals surface area contributed by atoms with Crippen LogP contribution in [0, 0.1) is 0 Å². The van der Waals surface area contributed by atoms with Gasteiger partial charge in [-0.25, -0.2) is 4.31 Å². The van der Waals surface area contributed by atoms with E-state index in [1.807, 2.05) is 0 Å². The van der Waals surface area contributed by atoms with Gasteiger partial charge in [0, 0.05) is 11.9 Å². The Labute approximate surface area is 211 Å². The van der Waals surface area contributed by atoms with Crippen molar-refractivity contribution in [2.45, 2.75) is 35.4 Å². The van der Waals surface area contributed by atoms with Crippen LogP contribution in [0.2, 0.25) is 0 Å². The molecule has 1 aromatic rings. The fourth-order valence-electron chi connectivity index (χ4n) is 2.41. The second kappa shape index (κ2) is 10.3. The highest BCUT2D eigenvalue weighted by Crippen LogP contribution is 2.44. The standard InChI is InChI=1S/C9H4Cl3NO2S.C6H6Cl6/c10-9(11,12)16-13-7(14)5-3-1-2-4-6(5)8(13)15;7-1-2(8)4(10)6(12)5(11)3(1)9/h1-4H;1-6H. The van der Waals surface area contributed by atoms with Crippen molar-refractivity contribution in [2.24, 2.45) is 0 Å². The molecule has 1 fully saturated rings. The number of alkyl halides is 9. The highest BCUT2D eigenvalue weighted by atomic mass is 35.6. The van der Waals surface area contributed by atoms with E-state index in [-0.39, 0.29) is 0 Å². The third-order valence-corrected chi connectivity index (χ3v) is 9.15. The van der Waals surface area contributed by atoms with Gasteiger partial charge in [-0.15, -0.1) is 69.6 Å². The van der Waals surface area contributed by atoms with E-state index in [2.05, 4.69) is 0 Å². The molecule has 1 saturated carbocycles. The Hall–Kier alpha value is 1.32. The molecule has 0 aromatic heterocycles. The Balaban J connectivity index is 0.000000209. The van der Waals surface area contributed by atoms with Crippen LogP contribution in [0.25, 0.3) is 0 Å². The van der Waals surface area contributed by atoms with Crippen molar-refractivity contribution in [1.82, 2.24) is 4.31 Å². The molecule has 0 unspecified atom stereocenters. The maximum absolute atomic E-state index is 11.8. The summed E-state index contributed by atoms with van der Waals surface area (Å²) in [5.41, 5.74) is 0.656. The Morgan fingerprint density at radius 1 is 0.679 bits per heavy atom. The van der Waals surface area contributed by atoms with Gasteiger partial charge in [-0.3, -0.25) is 9.59 Å². The van der Waals surface area contributed by atoms with Gasteiger partial charge < -0.3 is 0 Å². The lowest BCUT2D eigenvalue weighted by Gasteiger charge is -2.37. The molecule has 0 atom stereocenters. The summed E-state index contributed by atoms with van der Waals surface area (Å²) < 4.78 is -0.884. The zero-order valence-electron chi connectivity index (χ0n) is 13.3. The van der Waals surface area contributed by atoms with Gasteiger partial charge in [0.2, 0.25) is 0 Å². The summed E-state index contributed by atoms with van der Waals surface area (Å²) in [4.78, 5) is 23.6. The number of carbonyl (C=O) groups excluding carboxylic acids is 2. The molecule has 2 amide bonds. The molecule has 0 N–H and O–H groups in total. The van der Waals surface area contributed by atoms with E-state index in [0.717, 1.165) is 4.31 Å². The van der Waals surface area contributed by atoms with Gasteiger partial charge in [-0.05, 0) is 12.1 Å². The normalized spacial score (nSPS) is 32.7. The second-order valence-corrected chi connectivity index (χ2v) is 12.8. The Morgan fingerprint density at radius 3 is 1.21 bits per heavy atom. The summed E-state index contributed by atoms with van der Waals surface area (Å²) in [7, 11) is 0. The van der Waals surface area contributed by atoms with Crippen LogP contribution in [0.3, 0.4) is 0 Å². The molecular formula is C15H10Cl9NO2S. The lowest BCUT2D eigenvalue weighted by atomic mass is 9.97. The van der Waals surface area contributed by atoms with E-state index >= 15 is 0 Å². The number of nitrogens with zero attached hydrogens (tertiary/aromatic N) is 1. The molecule has 3 nitrogen and oxygen atoms in total. The molecule has 0 radical (unpaired) electrons. The number of imide groups is 1. The summed E-state index contributed by atoms with van der Waals surface area (Å²) >= 11 is 52.5. The highest BCUT2D eigenvalue weighted by Gasteiger charge is 2.47. The largest absolute Gasteiger partial charge is 0.271 e. The molecule has 3 rings (SSSR count). The van der Waals surface area contributed by atoms with Gasteiger partial charge in [0.1, 0.15) is 0 Å². The van der Waals surface area contributed by atoms with Crippen LogP contribution in [0.15, 0.2) is 24.3 Å². The highest BCUT2D eigenvalue weighted by molar-refractivity contribution is 8.03. The van der Waals surface area contributed by atoms with E-state index in [1.165, 1.54) is 0 Å². The lowest BCUT2D eigenvalue weighted by Crippen LogP contribution is -2.52. The maximum atomic E-state index is 11.8. The van der Waals surface area contributed by atoms with Crippen LogP contribution >= 0.6 is 116 Å². The monoisotopic (exact) mass is 583 g/mol. The van der Waals surface area contributed by atoms with Crippen LogP contribution in [0.5, 0.6) is 0 Å². The molecule has 1 aliphatic carbocycles. The van der Waals surface area contributed by atoms with Crippen LogP contribution in [0.1, 0.15) is 20.7 Å². The first-order valence-corrected chi connectivity index (χ1v) is 12.0. The van der Waals surface area contributed by atoms with E-state index in [0.29, 0.717) is 23.1 Å². The Kier molecular flexibility index (Phi) is 9.40. The maximum Gasteiger partial charge on any atom is 0.271 e. The minimum absolute atomic E-state index is 0.328. The molecule has 1 heterocycles. The number of rotatable bonds is 1. The first-order valence-electron chi connectivity index (χ1n) is 7.45. The molecule has 1 aromatic carbocycles. The van der Waals surface area contributed by atoms with Crippen molar-refractivity contribution >= 4 is 128 Å². The lowest BCUT2D eigenvalue weighted by molar-refractivity contribution is 0.0777. The topological polar surface area (TPSA) is 37.4 Å². The average molecular weight is 587 g/mol. The molecule has 28 heavy (non-hydrogen) atoms. The van der Waals surface area contributed by atoms with Crippen molar-refractivity contribution in [3.63, 3.8) is 0 Å². The smallest absolute Gasteiger partial charge is 0.268 e. The first-order chi connectivity index (χ1) is 12.9. The summed E-state index contributed by atoms with van der Waals surface area (Å²) in [5, 5.41) is -2.62. The van der Waals surface area contributed by atoms with Crippen molar-refractivity contribution in [1.29, 1.82) is 0 Å². The number of fused-ring (bicyclic) bond motifs is 1. The number of benzene rings is 1. The molecule has 13 heteroatoms. The Bertz CT molecular complexity index is 653. The minimum atomic E-state index is -1.74. The van der Waals surface area contributed by atoms with Crippen LogP contribution in [-0.2, 0) is 0 Å². The first kappa shape index (κ1) is 25.6. The van der Waals surface area contributed by atoms with Gasteiger partial charge in [-0.1, -0.05) is 46.9 Å². The van der Waals surface area contributed by atoms with Gasteiger partial charge >= 0.3 is 0 Å². The number of hydrogen-bond acceptors (Lipinski definition) is 3.